The molecule has 1 rings (SSSR count). The zero-order chi connectivity index (χ0) is 11.4. The Morgan fingerprint density at radius 3 is 2.33 bits per heavy atom. The third-order valence-corrected chi connectivity index (χ3v) is 2.83. The summed E-state index contributed by atoms with van der Waals surface area (Å²) in [5.74, 6) is 1.57. The molecule has 0 atom stereocenters. The van der Waals surface area contributed by atoms with Gasteiger partial charge >= 0.3 is 0 Å². The highest BCUT2D eigenvalue weighted by Crippen LogP contribution is 2.30. The lowest BCUT2D eigenvalue weighted by atomic mass is 9.92. The second-order valence-electron chi connectivity index (χ2n) is 4.52. The highest BCUT2D eigenvalue weighted by molar-refractivity contribution is 5.40. The number of nitrogens with two attached hydrogens (primary N) is 1. The summed E-state index contributed by atoms with van der Waals surface area (Å²) in [5.41, 5.74) is 8.01. The molecule has 1 aromatic heterocycles. The van der Waals surface area contributed by atoms with Crippen LogP contribution in [0.2, 0.25) is 0 Å². The Balaban J connectivity index is 2.96. The third-order valence-electron chi connectivity index (χ3n) is 2.83. The molecule has 3 heteroatoms. The number of aromatic nitrogens is 1. The fourth-order valence-corrected chi connectivity index (χ4v) is 1.94. The van der Waals surface area contributed by atoms with Crippen molar-refractivity contribution < 1.29 is 4.52 Å². The Labute approximate surface area is 92.0 Å². The minimum absolute atomic E-state index is 0.486. The summed E-state index contributed by atoms with van der Waals surface area (Å²) >= 11 is 0. The first-order chi connectivity index (χ1) is 7.10. The number of hydrogen-bond donors (Lipinski definition) is 1. The van der Waals surface area contributed by atoms with Gasteiger partial charge in [-0.05, 0) is 25.2 Å². The highest BCUT2D eigenvalue weighted by Gasteiger charge is 2.20. The first kappa shape index (κ1) is 12.1. The van der Waals surface area contributed by atoms with Crippen molar-refractivity contribution in [3.8, 4) is 0 Å². The first-order valence-corrected chi connectivity index (χ1v) is 5.83. The van der Waals surface area contributed by atoms with Gasteiger partial charge in [0.05, 0.1) is 5.69 Å². The Hall–Kier alpha value is -0.990. The van der Waals surface area contributed by atoms with Gasteiger partial charge in [0.2, 0.25) is 5.88 Å². The van der Waals surface area contributed by atoms with Gasteiger partial charge in [0.1, 0.15) is 0 Å². The van der Waals surface area contributed by atoms with Crippen molar-refractivity contribution in [2.45, 2.75) is 52.9 Å². The zero-order valence-electron chi connectivity index (χ0n) is 10.2. The van der Waals surface area contributed by atoms with Crippen molar-refractivity contribution >= 4 is 5.88 Å². The van der Waals surface area contributed by atoms with Crippen LogP contribution >= 0.6 is 0 Å². The van der Waals surface area contributed by atoms with Crippen molar-refractivity contribution in [3.05, 3.63) is 11.3 Å². The minimum atomic E-state index is 0.486. The van der Waals surface area contributed by atoms with Crippen LogP contribution in [0, 0.1) is 5.92 Å². The predicted octanol–water partition coefficient (Wildman–Crippen LogP) is 3.36. The number of nitrogen functional groups attached to an aromatic ring is 1. The zero-order valence-corrected chi connectivity index (χ0v) is 10.2. The van der Waals surface area contributed by atoms with E-state index in [1.54, 1.807) is 0 Å². The molecule has 0 spiro atoms. The molecule has 0 saturated heterocycles. The van der Waals surface area contributed by atoms with Gasteiger partial charge in [-0.2, -0.15) is 0 Å². The van der Waals surface area contributed by atoms with Crippen molar-refractivity contribution in [2.24, 2.45) is 5.92 Å². The standard InChI is InChI=1S/C12H22N2O/c1-5-9(6-2)11-10(7-8(3)4)12(13)15-14-11/h8-9H,5-7,13H2,1-4H3. The molecule has 1 heterocycles. The predicted molar refractivity (Wildman–Crippen MR) is 62.8 cm³/mol. The van der Waals surface area contributed by atoms with E-state index < -0.39 is 0 Å². The lowest BCUT2D eigenvalue weighted by Crippen LogP contribution is -2.04. The Morgan fingerprint density at radius 1 is 1.27 bits per heavy atom. The van der Waals surface area contributed by atoms with Gasteiger partial charge in [0.25, 0.3) is 0 Å². The summed E-state index contributed by atoms with van der Waals surface area (Å²) in [6.45, 7) is 8.72. The molecule has 0 radical (unpaired) electrons. The number of anilines is 1. The van der Waals surface area contributed by atoms with E-state index in [0.29, 0.717) is 17.7 Å². The SMILES string of the molecule is CCC(CC)c1noc(N)c1CC(C)C. The van der Waals surface area contributed by atoms with Gasteiger partial charge < -0.3 is 10.3 Å². The summed E-state index contributed by atoms with van der Waals surface area (Å²) < 4.78 is 5.11. The van der Waals surface area contributed by atoms with Crippen molar-refractivity contribution in [2.75, 3.05) is 5.73 Å². The molecule has 0 aliphatic heterocycles. The molecule has 0 bridgehead atoms. The molecule has 0 aliphatic rings. The summed E-state index contributed by atoms with van der Waals surface area (Å²) in [4.78, 5) is 0. The van der Waals surface area contributed by atoms with Crippen LogP contribution in [0.1, 0.15) is 57.7 Å². The van der Waals surface area contributed by atoms with E-state index in [9.17, 15) is 0 Å². The number of nitrogens with zero attached hydrogens (tertiary/aromatic N) is 1. The van der Waals surface area contributed by atoms with Gasteiger partial charge in [-0.25, -0.2) is 0 Å². The molecular formula is C12H22N2O. The van der Waals surface area contributed by atoms with Crippen molar-refractivity contribution in [1.82, 2.24) is 5.16 Å². The van der Waals surface area contributed by atoms with Crippen LogP contribution in [0.25, 0.3) is 0 Å². The smallest absolute Gasteiger partial charge is 0.225 e. The molecule has 3 nitrogen and oxygen atoms in total. The molecule has 0 aliphatic carbocycles. The average molecular weight is 210 g/mol. The molecule has 0 fully saturated rings. The molecule has 1 aromatic rings. The summed E-state index contributed by atoms with van der Waals surface area (Å²) in [6.07, 6.45) is 3.14. The van der Waals surface area contributed by atoms with Gasteiger partial charge in [-0.3, -0.25) is 0 Å². The Bertz CT molecular complexity index is 301. The topological polar surface area (TPSA) is 52.0 Å². The normalized spacial score (nSPS) is 11.6. The molecule has 0 amide bonds. The van der Waals surface area contributed by atoms with Crippen LogP contribution in [0.3, 0.4) is 0 Å². The summed E-state index contributed by atoms with van der Waals surface area (Å²) in [7, 11) is 0. The van der Waals surface area contributed by atoms with E-state index in [-0.39, 0.29) is 0 Å². The Morgan fingerprint density at radius 2 is 1.87 bits per heavy atom. The maximum Gasteiger partial charge on any atom is 0.225 e. The maximum atomic E-state index is 5.81. The number of rotatable bonds is 5. The van der Waals surface area contributed by atoms with E-state index in [4.69, 9.17) is 10.3 Å². The van der Waals surface area contributed by atoms with Gasteiger partial charge in [0, 0.05) is 11.5 Å². The molecule has 0 unspecified atom stereocenters. The van der Waals surface area contributed by atoms with E-state index in [1.165, 1.54) is 0 Å². The van der Waals surface area contributed by atoms with Gasteiger partial charge in [-0.15, -0.1) is 0 Å². The van der Waals surface area contributed by atoms with Crippen LogP contribution in [0.4, 0.5) is 5.88 Å². The molecule has 0 aromatic carbocycles. The second kappa shape index (κ2) is 5.19. The van der Waals surface area contributed by atoms with Crippen LogP contribution in [0.5, 0.6) is 0 Å². The largest absolute Gasteiger partial charge is 0.367 e. The van der Waals surface area contributed by atoms with Crippen molar-refractivity contribution in [1.29, 1.82) is 0 Å². The van der Waals surface area contributed by atoms with Gasteiger partial charge in [0.15, 0.2) is 0 Å². The minimum Gasteiger partial charge on any atom is -0.367 e. The molecule has 0 saturated carbocycles. The fourth-order valence-electron chi connectivity index (χ4n) is 1.94. The van der Waals surface area contributed by atoms with Crippen molar-refractivity contribution in [3.63, 3.8) is 0 Å². The highest BCUT2D eigenvalue weighted by atomic mass is 16.5. The average Bonchev–Trinajstić information content (AvgIpc) is 2.51. The van der Waals surface area contributed by atoms with Crippen LogP contribution in [-0.2, 0) is 6.42 Å². The lowest BCUT2D eigenvalue weighted by molar-refractivity contribution is 0.416. The monoisotopic (exact) mass is 210 g/mol. The molecular weight excluding hydrogens is 188 g/mol. The lowest BCUT2D eigenvalue weighted by Gasteiger charge is -2.11. The van der Waals surface area contributed by atoms with E-state index in [0.717, 1.165) is 30.5 Å². The van der Waals surface area contributed by atoms with Gasteiger partial charge in [-0.1, -0.05) is 32.9 Å². The van der Waals surface area contributed by atoms with Crippen LogP contribution < -0.4 is 5.73 Å². The second-order valence-corrected chi connectivity index (χ2v) is 4.52. The summed E-state index contributed by atoms with van der Waals surface area (Å²) in [6, 6.07) is 0. The van der Waals surface area contributed by atoms with Crippen LogP contribution in [0.15, 0.2) is 4.52 Å². The fraction of sp³-hybridized carbons (Fsp3) is 0.750. The third kappa shape index (κ3) is 2.74. The Kier molecular flexibility index (Phi) is 4.18. The van der Waals surface area contributed by atoms with E-state index in [1.807, 2.05) is 0 Å². The summed E-state index contributed by atoms with van der Waals surface area (Å²) in [5, 5.41) is 4.11. The number of hydrogen-bond acceptors (Lipinski definition) is 3. The van der Waals surface area contributed by atoms with E-state index in [2.05, 4.69) is 32.9 Å². The molecule has 86 valence electrons. The van der Waals surface area contributed by atoms with Crippen LogP contribution in [-0.4, -0.2) is 5.16 Å². The molecule has 15 heavy (non-hydrogen) atoms. The maximum absolute atomic E-state index is 5.81. The molecule has 2 N–H and O–H groups in total. The first-order valence-electron chi connectivity index (χ1n) is 5.83. The quantitative estimate of drug-likeness (QED) is 0.810. The van der Waals surface area contributed by atoms with E-state index >= 15 is 0 Å².